The van der Waals surface area contributed by atoms with Crippen LogP contribution in [0.3, 0.4) is 0 Å². The number of nitrogens with zero attached hydrogens (tertiary/aromatic N) is 1. The minimum absolute atomic E-state index is 0.168. The molecule has 1 amide bonds. The van der Waals surface area contributed by atoms with Crippen molar-refractivity contribution in [3.05, 3.63) is 58.2 Å². The molecular weight excluding hydrogens is 344 g/mol. The Morgan fingerprint density at radius 2 is 2.04 bits per heavy atom. The van der Waals surface area contributed by atoms with E-state index in [9.17, 15) is 14.7 Å². The lowest BCUT2D eigenvalue weighted by molar-refractivity contribution is 0.00596. The maximum Gasteiger partial charge on any atom is 0.257 e. The minimum atomic E-state index is -0.462. The van der Waals surface area contributed by atoms with Gasteiger partial charge < -0.3 is 19.4 Å². The van der Waals surface area contributed by atoms with E-state index in [1.807, 2.05) is 12.1 Å². The third-order valence-corrected chi connectivity index (χ3v) is 4.99. The van der Waals surface area contributed by atoms with Crippen LogP contribution in [0.15, 0.2) is 45.9 Å². The quantitative estimate of drug-likeness (QED) is 0.730. The van der Waals surface area contributed by atoms with Crippen molar-refractivity contribution in [2.45, 2.75) is 32.3 Å². The Balaban J connectivity index is 1.93. The average molecular weight is 366 g/mol. The highest BCUT2D eigenvalue weighted by Crippen LogP contribution is 2.37. The number of aliphatic hydroxyl groups is 1. The molecule has 6 heteroatoms. The number of carbonyl (C=O) groups excluding carboxylic acids is 1. The van der Waals surface area contributed by atoms with Gasteiger partial charge in [-0.2, -0.15) is 0 Å². The maximum absolute atomic E-state index is 12.8. The van der Waals surface area contributed by atoms with E-state index in [2.05, 4.69) is 25.8 Å². The van der Waals surface area contributed by atoms with Gasteiger partial charge in [0.25, 0.3) is 11.5 Å². The van der Waals surface area contributed by atoms with E-state index in [1.165, 1.54) is 6.26 Å². The number of fused-ring (bicyclic) bond motifs is 1. The largest absolute Gasteiger partial charge is 0.463 e. The fourth-order valence-corrected chi connectivity index (χ4v) is 3.46. The lowest BCUT2D eigenvalue weighted by Crippen LogP contribution is -2.53. The highest BCUT2D eigenvalue weighted by atomic mass is 16.3. The van der Waals surface area contributed by atoms with Crippen LogP contribution in [0, 0.1) is 0 Å². The third-order valence-electron chi connectivity index (χ3n) is 4.99. The molecule has 2 N–H and O–H groups in total. The molecule has 27 heavy (non-hydrogen) atoms. The average Bonchev–Trinajstić information content (AvgIpc) is 3.01. The lowest BCUT2D eigenvalue weighted by atomic mass is 9.84. The van der Waals surface area contributed by atoms with Crippen molar-refractivity contribution in [2.75, 3.05) is 13.1 Å². The van der Waals surface area contributed by atoms with Crippen LogP contribution in [0.4, 0.5) is 0 Å². The predicted molar refractivity (Wildman–Crippen MR) is 103 cm³/mol. The van der Waals surface area contributed by atoms with Crippen molar-refractivity contribution in [3.63, 3.8) is 0 Å². The first-order chi connectivity index (χ1) is 12.8. The highest BCUT2D eigenvalue weighted by Gasteiger charge is 2.32. The first-order valence-corrected chi connectivity index (χ1v) is 8.97. The van der Waals surface area contributed by atoms with Gasteiger partial charge in [-0.3, -0.25) is 9.59 Å². The van der Waals surface area contributed by atoms with E-state index in [-0.39, 0.29) is 16.9 Å². The number of furan rings is 1. The van der Waals surface area contributed by atoms with Gasteiger partial charge in [0.15, 0.2) is 0 Å². The van der Waals surface area contributed by atoms with Crippen LogP contribution in [-0.4, -0.2) is 40.1 Å². The molecule has 140 valence electrons. The summed E-state index contributed by atoms with van der Waals surface area (Å²) < 4.78 is 5.80. The van der Waals surface area contributed by atoms with Crippen LogP contribution >= 0.6 is 0 Å². The summed E-state index contributed by atoms with van der Waals surface area (Å²) in [6.45, 7) is 6.86. The molecular formula is C21H22N2O4. The molecule has 4 rings (SSSR count). The van der Waals surface area contributed by atoms with Crippen LogP contribution in [0.5, 0.6) is 0 Å². The number of nitrogens with one attached hydrogen (secondary N) is 1. The fourth-order valence-electron chi connectivity index (χ4n) is 3.46. The van der Waals surface area contributed by atoms with Crippen molar-refractivity contribution in [1.29, 1.82) is 0 Å². The molecule has 1 saturated heterocycles. The van der Waals surface area contributed by atoms with E-state index in [1.54, 1.807) is 23.2 Å². The van der Waals surface area contributed by atoms with E-state index < -0.39 is 6.10 Å². The smallest absolute Gasteiger partial charge is 0.257 e. The molecule has 3 heterocycles. The predicted octanol–water partition coefficient (Wildman–Crippen LogP) is 2.90. The van der Waals surface area contributed by atoms with Gasteiger partial charge in [-0.25, -0.2) is 0 Å². The third kappa shape index (κ3) is 2.96. The fraction of sp³-hybridized carbons (Fsp3) is 0.333. The Morgan fingerprint density at radius 1 is 1.30 bits per heavy atom. The minimum Gasteiger partial charge on any atom is -0.463 e. The standard InChI is InChI=1S/C21H22N2O4/c1-21(2,3)17-8-12(14-5-4-6-22-19(14)25)7-15-16(11-27-18(15)17)20(26)23-9-13(24)10-23/h4-8,11,13,24H,9-10H2,1-3H3,(H,22,25). The van der Waals surface area contributed by atoms with E-state index in [0.29, 0.717) is 35.2 Å². The lowest BCUT2D eigenvalue weighted by Gasteiger charge is -2.35. The van der Waals surface area contributed by atoms with Crippen LogP contribution in [0.25, 0.3) is 22.1 Å². The SMILES string of the molecule is CC(C)(C)c1cc(-c2ccc[nH]c2=O)cc2c(C(=O)N3CC(O)C3)coc12. The Kier molecular flexibility index (Phi) is 3.96. The maximum atomic E-state index is 12.8. The number of aromatic nitrogens is 1. The van der Waals surface area contributed by atoms with Gasteiger partial charge in [0, 0.05) is 35.8 Å². The van der Waals surface area contributed by atoms with Gasteiger partial charge in [0.2, 0.25) is 0 Å². The molecule has 0 aliphatic carbocycles. The number of amides is 1. The molecule has 3 aromatic rings. The zero-order valence-corrected chi connectivity index (χ0v) is 15.6. The number of aromatic amines is 1. The van der Waals surface area contributed by atoms with Crippen molar-refractivity contribution >= 4 is 16.9 Å². The van der Waals surface area contributed by atoms with E-state index in [4.69, 9.17) is 4.42 Å². The molecule has 0 bridgehead atoms. The van der Waals surface area contributed by atoms with Gasteiger partial charge in [-0.05, 0) is 35.2 Å². The number of rotatable bonds is 2. The van der Waals surface area contributed by atoms with E-state index in [0.717, 1.165) is 11.1 Å². The number of aliphatic hydroxyl groups excluding tert-OH is 1. The topological polar surface area (TPSA) is 86.5 Å². The normalized spacial score (nSPS) is 15.2. The molecule has 0 unspecified atom stereocenters. The van der Waals surface area contributed by atoms with Crippen LogP contribution in [0.2, 0.25) is 0 Å². The highest BCUT2D eigenvalue weighted by molar-refractivity contribution is 6.08. The molecule has 1 aromatic carbocycles. The second-order valence-corrected chi connectivity index (χ2v) is 8.08. The number of hydrogen-bond donors (Lipinski definition) is 2. The second-order valence-electron chi connectivity index (χ2n) is 8.08. The van der Waals surface area contributed by atoms with Gasteiger partial charge in [-0.15, -0.1) is 0 Å². The molecule has 1 aliphatic heterocycles. The van der Waals surface area contributed by atoms with Gasteiger partial charge in [0.1, 0.15) is 11.8 Å². The van der Waals surface area contributed by atoms with Crippen molar-refractivity contribution in [2.24, 2.45) is 0 Å². The summed E-state index contributed by atoms with van der Waals surface area (Å²) in [5.41, 5.74) is 2.91. The van der Waals surface area contributed by atoms with Gasteiger partial charge in [0.05, 0.1) is 11.7 Å². The summed E-state index contributed by atoms with van der Waals surface area (Å²) in [5.74, 6) is -0.168. The van der Waals surface area contributed by atoms with Crippen LogP contribution < -0.4 is 5.56 Å². The summed E-state index contributed by atoms with van der Waals surface area (Å²) in [5, 5.41) is 10.2. The van der Waals surface area contributed by atoms with Crippen LogP contribution in [-0.2, 0) is 5.41 Å². The summed E-state index contributed by atoms with van der Waals surface area (Å²) in [6.07, 6.45) is 2.61. The Hall–Kier alpha value is -2.86. The number of pyridine rings is 1. The zero-order chi connectivity index (χ0) is 19.3. The zero-order valence-electron chi connectivity index (χ0n) is 15.6. The molecule has 2 aromatic heterocycles. The number of benzene rings is 1. The second kappa shape index (κ2) is 6.09. The van der Waals surface area contributed by atoms with Crippen molar-refractivity contribution in [1.82, 2.24) is 9.88 Å². The molecule has 0 radical (unpaired) electrons. The monoisotopic (exact) mass is 366 g/mol. The molecule has 1 aliphatic rings. The Labute approximate surface area is 156 Å². The van der Waals surface area contributed by atoms with Gasteiger partial charge in [-0.1, -0.05) is 20.8 Å². The molecule has 0 spiro atoms. The van der Waals surface area contributed by atoms with Crippen LogP contribution in [0.1, 0.15) is 36.7 Å². The number of likely N-dealkylation sites (tertiary alicyclic amines) is 1. The van der Waals surface area contributed by atoms with Crippen molar-refractivity contribution in [3.8, 4) is 11.1 Å². The molecule has 6 nitrogen and oxygen atoms in total. The summed E-state index contributed by atoms with van der Waals surface area (Å²) in [4.78, 5) is 29.4. The molecule has 1 fully saturated rings. The Bertz CT molecular complexity index is 1080. The first kappa shape index (κ1) is 17.5. The van der Waals surface area contributed by atoms with E-state index >= 15 is 0 Å². The number of carbonyl (C=O) groups is 1. The number of hydrogen-bond acceptors (Lipinski definition) is 4. The molecule has 0 atom stereocenters. The number of β-amino-alcohol motifs (C(OH)–C–C–N with tert-alkyl or cyclic N) is 1. The van der Waals surface area contributed by atoms with Gasteiger partial charge >= 0.3 is 0 Å². The number of H-pyrrole nitrogens is 1. The summed E-state index contributed by atoms with van der Waals surface area (Å²) >= 11 is 0. The first-order valence-electron chi connectivity index (χ1n) is 8.97. The van der Waals surface area contributed by atoms with Crippen molar-refractivity contribution < 1.29 is 14.3 Å². The molecule has 0 saturated carbocycles. The summed E-state index contributed by atoms with van der Waals surface area (Å²) in [6, 6.07) is 7.33. The Morgan fingerprint density at radius 3 is 2.67 bits per heavy atom. The summed E-state index contributed by atoms with van der Waals surface area (Å²) in [7, 11) is 0.